The number of methoxy groups -OCH3 is 3. The fourth-order valence-electron chi connectivity index (χ4n) is 2.48. The Bertz CT molecular complexity index is 899. The highest BCUT2D eigenvalue weighted by atomic mass is 19.4. The largest absolute Gasteiger partial charge is 0.497 e. The molecule has 0 N–H and O–H groups in total. The van der Waals surface area contributed by atoms with Crippen molar-refractivity contribution >= 4 is 17.3 Å². The van der Waals surface area contributed by atoms with Gasteiger partial charge in [-0.15, -0.1) is 0 Å². The maximum absolute atomic E-state index is 13.1. The number of alkyl halides is 3. The van der Waals surface area contributed by atoms with E-state index in [1.807, 2.05) is 0 Å². The lowest BCUT2D eigenvalue weighted by Gasteiger charge is -2.13. The first-order chi connectivity index (χ1) is 13.2. The molecule has 0 spiro atoms. The molecule has 0 unspecified atom stereocenters. The van der Waals surface area contributed by atoms with Gasteiger partial charge in [0.1, 0.15) is 11.5 Å². The maximum atomic E-state index is 13.1. The molecule has 28 heavy (non-hydrogen) atoms. The van der Waals surface area contributed by atoms with Crippen LogP contribution in [-0.2, 0) is 4.74 Å². The van der Waals surface area contributed by atoms with E-state index in [1.54, 1.807) is 0 Å². The monoisotopic (exact) mass is 394 g/mol. The van der Waals surface area contributed by atoms with Gasteiger partial charge in [-0.25, -0.2) is 4.79 Å². The van der Waals surface area contributed by atoms with E-state index in [2.05, 4.69) is 4.74 Å². The minimum absolute atomic E-state index is 0.00662. The number of esters is 1. The van der Waals surface area contributed by atoms with Gasteiger partial charge < -0.3 is 14.2 Å². The van der Waals surface area contributed by atoms with Crippen LogP contribution in [0.1, 0.15) is 26.3 Å². The summed E-state index contributed by atoms with van der Waals surface area (Å²) in [6.45, 7) is 0. The Balaban J connectivity index is 2.55. The first kappa shape index (κ1) is 21.0. The van der Waals surface area contributed by atoms with Crippen LogP contribution in [0.5, 0.6) is 11.5 Å². The Morgan fingerprint density at radius 1 is 0.893 bits per heavy atom. The molecule has 0 saturated carbocycles. The van der Waals surface area contributed by atoms with Crippen LogP contribution in [-0.4, -0.2) is 39.3 Å². The quantitative estimate of drug-likeness (QED) is 0.415. The second-order valence-electron chi connectivity index (χ2n) is 5.56. The Labute approximate surface area is 159 Å². The number of rotatable bonds is 6. The molecule has 2 aromatic carbocycles. The van der Waals surface area contributed by atoms with E-state index in [9.17, 15) is 22.8 Å². The van der Waals surface area contributed by atoms with E-state index < -0.39 is 23.5 Å². The van der Waals surface area contributed by atoms with Gasteiger partial charge in [-0.05, 0) is 29.8 Å². The average Bonchev–Trinajstić information content (AvgIpc) is 2.69. The van der Waals surface area contributed by atoms with Crippen molar-refractivity contribution in [2.24, 2.45) is 0 Å². The number of halogens is 3. The molecule has 0 heterocycles. The summed E-state index contributed by atoms with van der Waals surface area (Å²) in [5.41, 5.74) is -0.511. The van der Waals surface area contributed by atoms with Gasteiger partial charge in [-0.1, -0.05) is 12.1 Å². The standard InChI is InChI=1S/C20H17F3O5/c1-26-14-8-9-15(17(10-14)27-2)18(24)16(11-20(21,22)23)12-4-6-13(7-5-12)19(25)28-3/h4-11H,1-3H3/b16-11+. The van der Waals surface area contributed by atoms with Crippen LogP contribution in [0.15, 0.2) is 48.5 Å². The predicted molar refractivity (Wildman–Crippen MR) is 95.7 cm³/mol. The van der Waals surface area contributed by atoms with Crippen LogP contribution >= 0.6 is 0 Å². The van der Waals surface area contributed by atoms with Crippen molar-refractivity contribution in [3.8, 4) is 11.5 Å². The van der Waals surface area contributed by atoms with Gasteiger partial charge in [0.05, 0.1) is 32.5 Å². The SMILES string of the molecule is COC(=O)c1ccc(/C(=C\C(F)(F)F)C(=O)c2ccc(OC)cc2OC)cc1. The summed E-state index contributed by atoms with van der Waals surface area (Å²) in [7, 11) is 3.89. The van der Waals surface area contributed by atoms with Crippen LogP contribution in [0, 0.1) is 0 Å². The number of hydrogen-bond donors (Lipinski definition) is 0. The molecule has 2 aromatic rings. The van der Waals surface area contributed by atoms with Crippen LogP contribution in [0.4, 0.5) is 13.2 Å². The molecule has 0 bridgehead atoms. The molecule has 0 atom stereocenters. The number of carbonyl (C=O) groups excluding carboxylic acids is 2. The van der Waals surface area contributed by atoms with Gasteiger partial charge in [-0.3, -0.25) is 4.79 Å². The molecule has 8 heteroatoms. The van der Waals surface area contributed by atoms with Crippen molar-refractivity contribution in [3.63, 3.8) is 0 Å². The third-order valence-electron chi connectivity index (χ3n) is 3.82. The fourth-order valence-corrected chi connectivity index (χ4v) is 2.48. The molecule has 2 rings (SSSR count). The lowest BCUT2D eigenvalue weighted by atomic mass is 9.94. The van der Waals surface area contributed by atoms with E-state index >= 15 is 0 Å². The van der Waals surface area contributed by atoms with E-state index in [0.717, 1.165) is 0 Å². The lowest BCUT2D eigenvalue weighted by Crippen LogP contribution is -2.11. The molecule has 0 aliphatic carbocycles. The summed E-state index contributed by atoms with van der Waals surface area (Å²) in [5.74, 6) is -1.07. The molecule has 0 amide bonds. The highest BCUT2D eigenvalue weighted by Gasteiger charge is 2.29. The first-order valence-corrected chi connectivity index (χ1v) is 7.95. The fraction of sp³-hybridized carbons (Fsp3) is 0.200. The van der Waals surface area contributed by atoms with E-state index in [-0.39, 0.29) is 28.5 Å². The summed E-state index contributed by atoms with van der Waals surface area (Å²) < 4.78 is 53.9. The molecular formula is C20H17F3O5. The lowest BCUT2D eigenvalue weighted by molar-refractivity contribution is -0.0793. The summed E-state index contributed by atoms with van der Waals surface area (Å²) in [4.78, 5) is 24.4. The first-order valence-electron chi connectivity index (χ1n) is 7.95. The number of ketones is 1. The Hall–Kier alpha value is -3.29. The number of carbonyl (C=O) groups is 2. The summed E-state index contributed by atoms with van der Waals surface area (Å²) in [6.07, 6.45) is -4.81. The second kappa shape index (κ2) is 8.60. The van der Waals surface area contributed by atoms with Crippen LogP contribution in [0.25, 0.3) is 5.57 Å². The molecule has 0 aliphatic heterocycles. The smallest absolute Gasteiger partial charge is 0.410 e. The van der Waals surface area contributed by atoms with Crippen molar-refractivity contribution in [1.29, 1.82) is 0 Å². The zero-order chi connectivity index (χ0) is 20.9. The van der Waals surface area contributed by atoms with Crippen molar-refractivity contribution in [1.82, 2.24) is 0 Å². The number of ether oxygens (including phenoxy) is 3. The van der Waals surface area contributed by atoms with Gasteiger partial charge in [0, 0.05) is 17.7 Å². The molecule has 0 radical (unpaired) electrons. The molecule has 5 nitrogen and oxygen atoms in total. The zero-order valence-corrected chi connectivity index (χ0v) is 15.3. The van der Waals surface area contributed by atoms with Gasteiger partial charge in [0.2, 0.25) is 0 Å². The minimum atomic E-state index is -4.73. The number of Topliss-reactive ketones (excluding diaryl/α,β-unsaturated/α-hetero) is 1. The maximum Gasteiger partial charge on any atom is 0.410 e. The van der Waals surface area contributed by atoms with Crippen molar-refractivity contribution in [2.75, 3.05) is 21.3 Å². The molecule has 0 aromatic heterocycles. The van der Waals surface area contributed by atoms with Gasteiger partial charge >= 0.3 is 12.1 Å². The van der Waals surface area contributed by atoms with Crippen LogP contribution in [0.3, 0.4) is 0 Å². The van der Waals surface area contributed by atoms with Crippen molar-refractivity contribution in [3.05, 3.63) is 65.2 Å². The molecule has 0 saturated heterocycles. The zero-order valence-electron chi connectivity index (χ0n) is 15.3. The van der Waals surface area contributed by atoms with E-state index in [0.29, 0.717) is 5.75 Å². The molecule has 148 valence electrons. The normalized spacial score (nSPS) is 11.7. The molecular weight excluding hydrogens is 377 g/mol. The third kappa shape index (κ3) is 4.91. The number of benzene rings is 2. The summed E-state index contributed by atoms with van der Waals surface area (Å²) >= 11 is 0. The second-order valence-corrected chi connectivity index (χ2v) is 5.56. The topological polar surface area (TPSA) is 61.8 Å². The Morgan fingerprint density at radius 2 is 1.50 bits per heavy atom. The van der Waals surface area contributed by atoms with Crippen molar-refractivity contribution < 1.29 is 37.0 Å². The van der Waals surface area contributed by atoms with E-state index in [4.69, 9.17) is 9.47 Å². The highest BCUT2D eigenvalue weighted by molar-refractivity contribution is 6.30. The highest BCUT2D eigenvalue weighted by Crippen LogP contribution is 2.32. The van der Waals surface area contributed by atoms with Gasteiger partial charge in [0.15, 0.2) is 5.78 Å². The summed E-state index contributed by atoms with van der Waals surface area (Å²) in [6, 6.07) is 9.23. The molecule has 0 aliphatic rings. The van der Waals surface area contributed by atoms with Crippen LogP contribution in [0.2, 0.25) is 0 Å². The van der Waals surface area contributed by atoms with Crippen molar-refractivity contribution in [2.45, 2.75) is 6.18 Å². The predicted octanol–water partition coefficient (Wildman–Crippen LogP) is 4.32. The number of allylic oxidation sites excluding steroid dienone is 2. The van der Waals surface area contributed by atoms with Gasteiger partial charge in [-0.2, -0.15) is 13.2 Å². The molecule has 0 fully saturated rings. The Morgan fingerprint density at radius 3 is 2.00 bits per heavy atom. The van der Waals surface area contributed by atoms with Crippen LogP contribution < -0.4 is 9.47 Å². The summed E-state index contributed by atoms with van der Waals surface area (Å²) in [5, 5.41) is 0. The van der Waals surface area contributed by atoms with Gasteiger partial charge in [0.25, 0.3) is 0 Å². The third-order valence-corrected chi connectivity index (χ3v) is 3.82. The Kier molecular flexibility index (Phi) is 6.45. The average molecular weight is 394 g/mol. The number of hydrogen-bond acceptors (Lipinski definition) is 5. The minimum Gasteiger partial charge on any atom is -0.497 e. The van der Waals surface area contributed by atoms with E-state index in [1.165, 1.54) is 63.8 Å².